The molecule has 8 nitrogen and oxygen atoms in total. The number of rotatable bonds is 4. The summed E-state index contributed by atoms with van der Waals surface area (Å²) in [5.41, 5.74) is 3.29. The molecule has 0 aliphatic carbocycles. The van der Waals surface area contributed by atoms with Gasteiger partial charge < -0.3 is 15.0 Å². The number of aromatic amines is 1. The number of nitrogens with one attached hydrogen (secondary N) is 2. The zero-order valence-electron chi connectivity index (χ0n) is 21.9. The number of nitriles is 1. The lowest BCUT2D eigenvalue weighted by Gasteiger charge is -2.20. The summed E-state index contributed by atoms with van der Waals surface area (Å²) in [5, 5.41) is 20.6. The Bertz CT molecular complexity index is 1860. The fourth-order valence-corrected chi connectivity index (χ4v) is 4.99. The third-order valence-electron chi connectivity index (χ3n) is 6.42. The van der Waals surface area contributed by atoms with Crippen molar-refractivity contribution in [2.24, 2.45) is 7.05 Å². The molecule has 0 fully saturated rings. The minimum absolute atomic E-state index is 0.157. The number of H-pyrrole nitrogens is 1. The van der Waals surface area contributed by atoms with Crippen LogP contribution in [-0.4, -0.2) is 26.5 Å². The summed E-state index contributed by atoms with van der Waals surface area (Å²) in [5.74, 6) is 0. The molecule has 2 aromatic heterocycles. The maximum absolute atomic E-state index is 12.6. The first kappa shape index (κ1) is 26.0. The summed E-state index contributed by atoms with van der Waals surface area (Å²) in [4.78, 5) is 27.6. The lowest BCUT2D eigenvalue weighted by atomic mass is 9.93. The normalized spacial score (nSPS) is 11.5. The van der Waals surface area contributed by atoms with Gasteiger partial charge in [-0.25, -0.2) is 4.79 Å². The number of nitrogens with zero attached hydrogens (tertiary/aromatic N) is 3. The van der Waals surface area contributed by atoms with Crippen LogP contribution in [0.3, 0.4) is 0 Å². The van der Waals surface area contributed by atoms with Gasteiger partial charge >= 0.3 is 6.09 Å². The van der Waals surface area contributed by atoms with Crippen molar-refractivity contribution in [2.75, 3.05) is 0 Å². The standard InChI is InChI=1S/C30H26ClN5O3/c1-30(2,3)39-29(38)34-15-18-14-33-28(37)21-10-9-17(11-22(18)21)25-16-35-36(4)27(25)23-12-26(31)20-8-6-5-7-19(20)24(23)13-32/h5-12,14,16H,15H2,1-4H3,(H,33,37)(H,34,38). The second-order valence-corrected chi connectivity index (χ2v) is 10.6. The largest absolute Gasteiger partial charge is 0.444 e. The van der Waals surface area contributed by atoms with Crippen LogP contribution in [0.15, 0.2) is 65.7 Å². The molecule has 39 heavy (non-hydrogen) atoms. The van der Waals surface area contributed by atoms with Crippen molar-refractivity contribution in [2.45, 2.75) is 32.9 Å². The van der Waals surface area contributed by atoms with E-state index in [-0.39, 0.29) is 12.1 Å². The van der Waals surface area contributed by atoms with Crippen molar-refractivity contribution < 1.29 is 9.53 Å². The Morgan fingerprint density at radius 1 is 1.10 bits per heavy atom. The molecule has 0 spiro atoms. The molecule has 5 aromatic rings. The summed E-state index contributed by atoms with van der Waals surface area (Å²) in [6.45, 7) is 5.53. The van der Waals surface area contributed by atoms with Crippen LogP contribution in [0.5, 0.6) is 0 Å². The maximum Gasteiger partial charge on any atom is 0.407 e. The molecule has 0 radical (unpaired) electrons. The Labute approximate surface area is 229 Å². The van der Waals surface area contributed by atoms with Gasteiger partial charge in [0.2, 0.25) is 0 Å². The van der Waals surface area contributed by atoms with E-state index in [1.165, 1.54) is 0 Å². The summed E-state index contributed by atoms with van der Waals surface area (Å²) < 4.78 is 7.06. The second-order valence-electron chi connectivity index (χ2n) is 10.2. The van der Waals surface area contributed by atoms with Crippen molar-refractivity contribution in [3.8, 4) is 28.5 Å². The summed E-state index contributed by atoms with van der Waals surface area (Å²) in [6.07, 6.45) is 2.77. The van der Waals surface area contributed by atoms with Gasteiger partial charge in [-0.15, -0.1) is 0 Å². The van der Waals surface area contributed by atoms with Crippen LogP contribution < -0.4 is 10.9 Å². The van der Waals surface area contributed by atoms with Crippen molar-refractivity contribution >= 4 is 39.2 Å². The second kappa shape index (κ2) is 9.93. The Hall–Kier alpha value is -4.61. The molecule has 0 saturated carbocycles. The zero-order valence-corrected chi connectivity index (χ0v) is 22.7. The van der Waals surface area contributed by atoms with Gasteiger partial charge in [0.1, 0.15) is 11.7 Å². The monoisotopic (exact) mass is 539 g/mol. The number of benzene rings is 3. The number of pyridine rings is 1. The summed E-state index contributed by atoms with van der Waals surface area (Å²) in [6, 6.07) is 17.2. The Morgan fingerprint density at radius 2 is 1.85 bits per heavy atom. The molecule has 196 valence electrons. The summed E-state index contributed by atoms with van der Waals surface area (Å²) >= 11 is 6.65. The average Bonchev–Trinajstić information content (AvgIpc) is 3.28. The minimum atomic E-state index is -0.630. The molecular weight excluding hydrogens is 514 g/mol. The van der Waals surface area contributed by atoms with Crippen LogP contribution in [0.2, 0.25) is 5.02 Å². The van der Waals surface area contributed by atoms with E-state index in [0.29, 0.717) is 32.5 Å². The van der Waals surface area contributed by atoms with Gasteiger partial charge in [0.15, 0.2) is 0 Å². The fraction of sp³-hybridized carbons (Fsp3) is 0.200. The van der Waals surface area contributed by atoms with Gasteiger partial charge in [-0.3, -0.25) is 9.48 Å². The van der Waals surface area contributed by atoms with Crippen LogP contribution in [-0.2, 0) is 18.3 Å². The number of alkyl carbamates (subject to hydrolysis) is 1. The quantitative estimate of drug-likeness (QED) is 0.278. The van der Waals surface area contributed by atoms with E-state index in [0.717, 1.165) is 27.6 Å². The molecule has 2 heterocycles. The van der Waals surface area contributed by atoms with Crippen molar-refractivity contribution in [3.05, 3.63) is 87.4 Å². The highest BCUT2D eigenvalue weighted by atomic mass is 35.5. The maximum atomic E-state index is 12.6. The molecule has 0 atom stereocenters. The molecule has 1 amide bonds. The van der Waals surface area contributed by atoms with E-state index in [2.05, 4.69) is 21.5 Å². The number of aromatic nitrogens is 3. The number of hydrogen-bond donors (Lipinski definition) is 2. The lowest BCUT2D eigenvalue weighted by molar-refractivity contribution is 0.0523. The molecule has 0 bridgehead atoms. The van der Waals surface area contributed by atoms with Gasteiger partial charge in [-0.1, -0.05) is 41.9 Å². The summed E-state index contributed by atoms with van der Waals surface area (Å²) in [7, 11) is 1.81. The highest BCUT2D eigenvalue weighted by molar-refractivity contribution is 6.36. The molecule has 2 N–H and O–H groups in total. The van der Waals surface area contributed by atoms with E-state index in [1.807, 2.05) is 43.4 Å². The molecule has 0 saturated heterocycles. The van der Waals surface area contributed by atoms with Gasteiger partial charge in [0.25, 0.3) is 5.56 Å². The van der Waals surface area contributed by atoms with Crippen LogP contribution in [0, 0.1) is 11.3 Å². The van der Waals surface area contributed by atoms with Crippen molar-refractivity contribution in [3.63, 3.8) is 0 Å². The van der Waals surface area contributed by atoms with Gasteiger partial charge in [-0.05, 0) is 55.5 Å². The Balaban J connectivity index is 1.63. The molecular formula is C30H26ClN5O3. The highest BCUT2D eigenvalue weighted by Gasteiger charge is 2.21. The average molecular weight is 540 g/mol. The first-order chi connectivity index (χ1) is 18.6. The number of aryl methyl sites for hydroxylation is 1. The molecule has 0 aliphatic heterocycles. The number of amides is 1. The number of halogens is 1. The lowest BCUT2D eigenvalue weighted by Crippen LogP contribution is -2.32. The predicted octanol–water partition coefficient (Wildman–Crippen LogP) is 6.30. The van der Waals surface area contributed by atoms with E-state index in [4.69, 9.17) is 16.3 Å². The van der Waals surface area contributed by atoms with E-state index < -0.39 is 11.7 Å². The van der Waals surface area contributed by atoms with Gasteiger partial charge in [0, 0.05) is 52.1 Å². The SMILES string of the molecule is Cn1ncc(-c2ccc3c(=O)[nH]cc(CNC(=O)OC(C)(C)C)c3c2)c1-c1cc(Cl)c2ccccc2c1C#N. The number of carbonyl (C=O) groups is 1. The van der Waals surface area contributed by atoms with Gasteiger partial charge in [-0.2, -0.15) is 10.4 Å². The zero-order chi connectivity index (χ0) is 27.9. The Kier molecular flexibility index (Phi) is 6.62. The number of ether oxygens (including phenoxy) is 1. The third kappa shape index (κ3) is 4.97. The van der Waals surface area contributed by atoms with Crippen molar-refractivity contribution in [1.82, 2.24) is 20.1 Å². The van der Waals surface area contributed by atoms with Crippen molar-refractivity contribution in [1.29, 1.82) is 5.26 Å². The molecule has 0 aliphatic rings. The smallest absolute Gasteiger partial charge is 0.407 e. The fourth-order valence-electron chi connectivity index (χ4n) is 4.72. The molecule has 3 aromatic carbocycles. The van der Waals surface area contributed by atoms with Gasteiger partial charge in [0.05, 0.1) is 17.5 Å². The number of fused-ring (bicyclic) bond motifs is 2. The molecule has 0 unspecified atom stereocenters. The van der Waals surface area contributed by atoms with E-state index >= 15 is 0 Å². The van der Waals surface area contributed by atoms with Crippen LogP contribution >= 0.6 is 11.6 Å². The van der Waals surface area contributed by atoms with E-state index in [1.54, 1.807) is 50.0 Å². The third-order valence-corrected chi connectivity index (χ3v) is 6.73. The van der Waals surface area contributed by atoms with E-state index in [9.17, 15) is 14.9 Å². The Morgan fingerprint density at radius 3 is 2.56 bits per heavy atom. The number of hydrogen-bond acceptors (Lipinski definition) is 5. The van der Waals surface area contributed by atoms with Crippen LogP contribution in [0.25, 0.3) is 43.9 Å². The molecule has 9 heteroatoms. The first-order valence-corrected chi connectivity index (χ1v) is 12.7. The predicted molar refractivity (Wildman–Crippen MR) is 153 cm³/mol. The minimum Gasteiger partial charge on any atom is -0.444 e. The molecule has 5 rings (SSSR count). The topological polar surface area (TPSA) is 113 Å². The van der Waals surface area contributed by atoms with Crippen LogP contribution in [0.4, 0.5) is 4.79 Å². The van der Waals surface area contributed by atoms with Crippen LogP contribution in [0.1, 0.15) is 31.9 Å². The first-order valence-electron chi connectivity index (χ1n) is 12.3. The highest BCUT2D eigenvalue weighted by Crippen LogP contribution is 2.39. The number of carbonyl (C=O) groups excluding carboxylic acids is 1.